The lowest BCUT2D eigenvalue weighted by atomic mass is 10.3. The van der Waals surface area contributed by atoms with Gasteiger partial charge in [-0.1, -0.05) is 11.6 Å². The second kappa shape index (κ2) is 5.31. The first-order chi connectivity index (χ1) is 8.20. The van der Waals surface area contributed by atoms with Gasteiger partial charge in [0.05, 0.1) is 5.02 Å². The quantitative estimate of drug-likeness (QED) is 0.505. The predicted octanol–water partition coefficient (Wildman–Crippen LogP) is 2.27. The van der Waals surface area contributed by atoms with Crippen molar-refractivity contribution in [1.82, 2.24) is 15.0 Å². The highest BCUT2D eigenvalue weighted by molar-refractivity contribution is 7.99. The number of aromatic nitrogens is 3. The number of anilines is 1. The van der Waals surface area contributed by atoms with Gasteiger partial charge in [0.15, 0.2) is 0 Å². The summed E-state index contributed by atoms with van der Waals surface area (Å²) in [6.07, 6.45) is 3.06. The van der Waals surface area contributed by atoms with Crippen LogP contribution < -0.4 is 11.3 Å². The molecule has 7 heteroatoms. The van der Waals surface area contributed by atoms with Crippen molar-refractivity contribution in [2.45, 2.75) is 17.0 Å². The van der Waals surface area contributed by atoms with Gasteiger partial charge < -0.3 is 5.43 Å². The number of halogens is 1. The lowest BCUT2D eigenvalue weighted by Gasteiger charge is -2.07. The Labute approximate surface area is 108 Å². The molecule has 0 unspecified atom stereocenters. The number of hydrogen-bond donors (Lipinski definition) is 2. The maximum atomic E-state index is 5.77. The summed E-state index contributed by atoms with van der Waals surface area (Å²) in [7, 11) is 0. The molecule has 88 valence electrons. The van der Waals surface area contributed by atoms with E-state index < -0.39 is 0 Å². The number of rotatable bonds is 3. The summed E-state index contributed by atoms with van der Waals surface area (Å²) in [5.74, 6) is 5.96. The number of hydrazine groups is 1. The van der Waals surface area contributed by atoms with E-state index in [1.54, 1.807) is 12.3 Å². The highest BCUT2D eigenvalue weighted by atomic mass is 35.5. The minimum absolute atomic E-state index is 0.608. The van der Waals surface area contributed by atoms with Crippen molar-refractivity contribution in [1.29, 1.82) is 0 Å². The Morgan fingerprint density at radius 3 is 2.76 bits per heavy atom. The molecule has 2 aromatic heterocycles. The molecule has 0 aliphatic rings. The Morgan fingerprint density at radius 2 is 2.12 bits per heavy atom. The normalized spacial score (nSPS) is 10.3. The molecule has 0 saturated heterocycles. The van der Waals surface area contributed by atoms with Crippen LogP contribution in [0.5, 0.6) is 0 Å². The van der Waals surface area contributed by atoms with Gasteiger partial charge in [-0.2, -0.15) is 0 Å². The summed E-state index contributed by atoms with van der Waals surface area (Å²) in [6.45, 7) is 1.90. The summed E-state index contributed by atoms with van der Waals surface area (Å²) in [6, 6.07) is 3.62. The average Bonchev–Trinajstić information content (AvgIpc) is 2.35. The fourth-order valence-electron chi connectivity index (χ4n) is 1.20. The summed E-state index contributed by atoms with van der Waals surface area (Å²) < 4.78 is 0. The largest absolute Gasteiger partial charge is 0.308 e. The van der Waals surface area contributed by atoms with Crippen LogP contribution in [0.3, 0.4) is 0 Å². The molecule has 0 spiro atoms. The van der Waals surface area contributed by atoms with E-state index in [-0.39, 0.29) is 0 Å². The fraction of sp³-hybridized carbons (Fsp3) is 0.100. The van der Waals surface area contributed by atoms with Crippen LogP contribution in [0, 0.1) is 6.92 Å². The molecule has 3 N–H and O–H groups in total. The maximum Gasteiger partial charge on any atom is 0.147 e. The van der Waals surface area contributed by atoms with Gasteiger partial charge in [-0.05, 0) is 30.8 Å². The van der Waals surface area contributed by atoms with Gasteiger partial charge in [-0.15, -0.1) is 0 Å². The second-order valence-corrected chi connectivity index (χ2v) is 4.66. The molecule has 17 heavy (non-hydrogen) atoms. The third kappa shape index (κ3) is 2.85. The van der Waals surface area contributed by atoms with Crippen molar-refractivity contribution >= 4 is 29.2 Å². The molecule has 0 bridgehead atoms. The zero-order valence-electron chi connectivity index (χ0n) is 9.01. The van der Waals surface area contributed by atoms with E-state index in [0.29, 0.717) is 10.8 Å². The molecule has 0 aliphatic heterocycles. The molecule has 0 radical (unpaired) electrons. The minimum Gasteiger partial charge on any atom is -0.308 e. The highest BCUT2D eigenvalue weighted by Crippen LogP contribution is 2.29. The predicted molar refractivity (Wildman–Crippen MR) is 67.9 cm³/mol. The first kappa shape index (κ1) is 12.1. The van der Waals surface area contributed by atoms with Gasteiger partial charge in [-0.25, -0.2) is 20.8 Å². The monoisotopic (exact) mass is 267 g/mol. The van der Waals surface area contributed by atoms with E-state index in [2.05, 4.69) is 20.4 Å². The molecule has 5 nitrogen and oxygen atoms in total. The number of nitrogens with zero attached hydrogens (tertiary/aromatic N) is 3. The van der Waals surface area contributed by atoms with E-state index in [1.165, 1.54) is 18.1 Å². The molecular formula is C10H10ClN5S. The van der Waals surface area contributed by atoms with Crippen molar-refractivity contribution in [3.63, 3.8) is 0 Å². The number of hydrogen-bond acceptors (Lipinski definition) is 6. The van der Waals surface area contributed by atoms with Gasteiger partial charge in [0.25, 0.3) is 0 Å². The van der Waals surface area contributed by atoms with Gasteiger partial charge in [0, 0.05) is 11.8 Å². The Balaban J connectivity index is 2.27. The van der Waals surface area contributed by atoms with Crippen LogP contribution in [0.15, 0.2) is 34.7 Å². The van der Waals surface area contributed by atoms with E-state index in [1.807, 2.05) is 13.0 Å². The summed E-state index contributed by atoms with van der Waals surface area (Å²) >= 11 is 7.21. The molecule has 2 heterocycles. The Kier molecular flexibility index (Phi) is 3.78. The smallest absolute Gasteiger partial charge is 0.147 e. The number of nitrogens with two attached hydrogens (primary N) is 1. The van der Waals surface area contributed by atoms with Crippen molar-refractivity contribution < 1.29 is 0 Å². The summed E-state index contributed by atoms with van der Waals surface area (Å²) in [5, 5.41) is 2.24. The molecular weight excluding hydrogens is 258 g/mol. The van der Waals surface area contributed by atoms with E-state index in [0.717, 1.165) is 15.6 Å². The van der Waals surface area contributed by atoms with Crippen molar-refractivity contribution in [2.24, 2.45) is 5.84 Å². The van der Waals surface area contributed by atoms with Crippen LogP contribution >= 0.6 is 23.4 Å². The molecule has 0 saturated carbocycles. The number of nitrogen functional groups attached to an aromatic ring is 1. The molecule has 0 fully saturated rings. The van der Waals surface area contributed by atoms with Crippen LogP contribution in [0.2, 0.25) is 5.02 Å². The lowest BCUT2D eigenvalue weighted by molar-refractivity contribution is 0.990. The Bertz CT molecular complexity index is 517. The van der Waals surface area contributed by atoms with E-state index in [4.69, 9.17) is 17.4 Å². The van der Waals surface area contributed by atoms with Crippen LogP contribution in [0.1, 0.15) is 5.56 Å². The number of pyridine rings is 1. The van der Waals surface area contributed by atoms with Crippen molar-refractivity contribution in [3.05, 3.63) is 35.2 Å². The number of nitrogens with one attached hydrogen (secondary N) is 1. The minimum atomic E-state index is 0.608. The van der Waals surface area contributed by atoms with Crippen molar-refractivity contribution in [2.75, 3.05) is 5.43 Å². The molecule has 0 aromatic carbocycles. The molecule has 2 rings (SSSR count). The molecule has 0 atom stereocenters. The van der Waals surface area contributed by atoms with E-state index >= 15 is 0 Å². The van der Waals surface area contributed by atoms with Gasteiger partial charge >= 0.3 is 0 Å². The van der Waals surface area contributed by atoms with Crippen LogP contribution in [-0.4, -0.2) is 15.0 Å². The maximum absolute atomic E-state index is 5.77. The molecule has 0 amide bonds. The zero-order valence-corrected chi connectivity index (χ0v) is 10.6. The summed E-state index contributed by atoms with van der Waals surface area (Å²) in [4.78, 5) is 12.4. The zero-order chi connectivity index (χ0) is 12.3. The molecule has 2 aromatic rings. The first-order valence-corrected chi connectivity index (χ1v) is 5.98. The second-order valence-electron chi connectivity index (χ2n) is 3.21. The third-order valence-electron chi connectivity index (χ3n) is 2.08. The van der Waals surface area contributed by atoms with Gasteiger partial charge in [0.1, 0.15) is 22.2 Å². The van der Waals surface area contributed by atoms with Gasteiger partial charge in [-0.3, -0.25) is 0 Å². The topological polar surface area (TPSA) is 76.7 Å². The summed E-state index contributed by atoms with van der Waals surface area (Å²) in [5.41, 5.74) is 3.41. The third-order valence-corrected chi connectivity index (χ3v) is 3.36. The standard InChI is InChI=1S/C10H10ClN5S/c1-6-9(16-12)14-5-15-10(6)17-8-3-2-7(11)4-13-8/h2-5H,12H2,1H3,(H,14,15,16). The molecule has 0 aliphatic carbocycles. The average molecular weight is 268 g/mol. The Morgan fingerprint density at radius 1 is 1.29 bits per heavy atom. The van der Waals surface area contributed by atoms with Gasteiger partial charge in [0.2, 0.25) is 0 Å². The lowest BCUT2D eigenvalue weighted by Crippen LogP contribution is -2.10. The highest BCUT2D eigenvalue weighted by Gasteiger charge is 2.08. The van der Waals surface area contributed by atoms with Crippen LogP contribution in [-0.2, 0) is 0 Å². The van der Waals surface area contributed by atoms with E-state index in [9.17, 15) is 0 Å². The SMILES string of the molecule is Cc1c(NN)ncnc1Sc1ccc(Cl)cn1. The van der Waals surface area contributed by atoms with Crippen LogP contribution in [0.25, 0.3) is 0 Å². The Hall–Kier alpha value is -1.37. The first-order valence-electron chi connectivity index (χ1n) is 4.78. The van der Waals surface area contributed by atoms with Crippen LogP contribution in [0.4, 0.5) is 5.82 Å². The van der Waals surface area contributed by atoms with Crippen molar-refractivity contribution in [3.8, 4) is 0 Å². The fourth-order valence-corrected chi connectivity index (χ4v) is 2.11.